The first-order valence-corrected chi connectivity index (χ1v) is 6.44. The molecule has 0 atom stereocenters. The maximum absolute atomic E-state index is 12.7. The summed E-state index contributed by atoms with van der Waals surface area (Å²) in [6, 6.07) is 3.24. The van der Waals surface area contributed by atoms with Crippen LogP contribution in [-0.2, 0) is 13.2 Å². The monoisotopic (exact) mass is 303 g/mol. The summed E-state index contributed by atoms with van der Waals surface area (Å²) < 4.78 is 39.8. The highest BCUT2D eigenvalue weighted by molar-refractivity contribution is 7.99. The van der Waals surface area contributed by atoms with Crippen LogP contribution < -0.4 is 5.32 Å². The van der Waals surface area contributed by atoms with E-state index < -0.39 is 12.0 Å². The Morgan fingerprint density at radius 2 is 1.95 bits per heavy atom. The molecule has 0 radical (unpaired) electrons. The smallest absolute Gasteiger partial charge is 0.373 e. The third-order valence-corrected chi connectivity index (χ3v) is 3.39. The van der Waals surface area contributed by atoms with Crippen LogP contribution in [0.5, 0.6) is 0 Å². The summed E-state index contributed by atoms with van der Waals surface area (Å²) in [6.07, 6.45) is -4.58. The predicted molar refractivity (Wildman–Crippen MR) is 68.6 cm³/mol. The molecular weight excluding hydrogens is 291 g/mol. The molecule has 0 aliphatic rings. The number of anilines is 1. The van der Waals surface area contributed by atoms with Gasteiger partial charge in [0.1, 0.15) is 15.9 Å². The van der Waals surface area contributed by atoms with Crippen LogP contribution in [0.25, 0.3) is 0 Å². The normalized spacial score (nSPS) is 11.7. The highest BCUT2D eigenvalue weighted by atomic mass is 32.2. The third kappa shape index (κ3) is 3.21. The van der Waals surface area contributed by atoms with E-state index >= 15 is 0 Å². The first-order valence-electron chi connectivity index (χ1n) is 5.62. The Labute approximate surface area is 117 Å². The molecule has 0 spiro atoms. The summed E-state index contributed by atoms with van der Waals surface area (Å²) in [5.74, 6) is -1.04. The maximum Gasteiger partial charge on any atom is 0.451 e. The van der Waals surface area contributed by atoms with Crippen LogP contribution in [0.4, 0.5) is 19.0 Å². The van der Waals surface area contributed by atoms with Crippen LogP contribution in [0.3, 0.4) is 0 Å². The van der Waals surface area contributed by atoms with Gasteiger partial charge in [0.15, 0.2) is 0 Å². The fraction of sp³-hybridized carbons (Fsp3) is 0.364. The average molecular weight is 303 g/mol. The quantitative estimate of drug-likeness (QED) is 0.884. The molecule has 20 heavy (non-hydrogen) atoms. The Kier molecular flexibility index (Phi) is 3.89. The maximum atomic E-state index is 12.7. The van der Waals surface area contributed by atoms with Gasteiger partial charge in [0.25, 0.3) is 0 Å². The van der Waals surface area contributed by atoms with Crippen LogP contribution >= 0.6 is 11.8 Å². The van der Waals surface area contributed by atoms with Gasteiger partial charge in [-0.25, -0.2) is 9.97 Å². The van der Waals surface area contributed by atoms with Crippen molar-refractivity contribution in [3.05, 3.63) is 23.7 Å². The highest BCUT2D eigenvalue weighted by Crippen LogP contribution is 2.32. The molecule has 0 saturated carbocycles. The lowest BCUT2D eigenvalue weighted by atomic mass is 10.5. The Morgan fingerprint density at radius 3 is 2.45 bits per heavy atom. The van der Waals surface area contributed by atoms with E-state index in [0.29, 0.717) is 5.03 Å². The Bertz CT molecular complexity index is 623. The Balaban J connectivity index is 2.38. The van der Waals surface area contributed by atoms with Gasteiger partial charge in [-0.2, -0.15) is 18.3 Å². The van der Waals surface area contributed by atoms with Crippen molar-refractivity contribution in [2.75, 3.05) is 12.4 Å². The van der Waals surface area contributed by atoms with Gasteiger partial charge in [0.2, 0.25) is 5.82 Å². The van der Waals surface area contributed by atoms with E-state index in [9.17, 15) is 13.2 Å². The molecule has 0 unspecified atom stereocenters. The minimum atomic E-state index is -4.58. The van der Waals surface area contributed by atoms with Crippen molar-refractivity contribution >= 4 is 17.6 Å². The van der Waals surface area contributed by atoms with Crippen LogP contribution in [0.15, 0.2) is 22.2 Å². The molecule has 2 rings (SSSR count). The van der Waals surface area contributed by atoms with E-state index in [4.69, 9.17) is 0 Å². The zero-order valence-corrected chi connectivity index (χ0v) is 11.8. The largest absolute Gasteiger partial charge is 0.451 e. The predicted octanol–water partition coefficient (Wildman–Crippen LogP) is 2.73. The molecule has 0 bridgehead atoms. The van der Waals surface area contributed by atoms with E-state index in [1.54, 1.807) is 17.8 Å². The first-order chi connectivity index (χ1) is 9.29. The molecule has 1 N–H and O–H groups in total. The number of aromatic nitrogens is 4. The van der Waals surface area contributed by atoms with Gasteiger partial charge in [0.05, 0.1) is 5.69 Å². The second-order valence-corrected chi connectivity index (χ2v) is 5.05. The van der Waals surface area contributed by atoms with Gasteiger partial charge in [0, 0.05) is 20.2 Å². The molecule has 9 heteroatoms. The summed E-state index contributed by atoms with van der Waals surface area (Å²) in [4.78, 5) is 6.95. The lowest BCUT2D eigenvalue weighted by molar-refractivity contribution is -0.145. The SMILES string of the molecule is CNc1cc(Sc2cc(C)nn2C)nc(C(F)(F)F)n1. The van der Waals surface area contributed by atoms with E-state index in [0.717, 1.165) is 17.5 Å². The number of hydrogen-bond donors (Lipinski definition) is 1. The molecule has 2 heterocycles. The van der Waals surface area contributed by atoms with Crippen LogP contribution in [0.2, 0.25) is 0 Å². The second kappa shape index (κ2) is 5.31. The average Bonchev–Trinajstić information content (AvgIpc) is 2.66. The summed E-state index contributed by atoms with van der Waals surface area (Å²) in [5, 5.41) is 7.65. The van der Waals surface area contributed by atoms with Crippen molar-refractivity contribution in [2.24, 2.45) is 7.05 Å². The zero-order valence-electron chi connectivity index (χ0n) is 11.0. The van der Waals surface area contributed by atoms with E-state index in [1.165, 1.54) is 13.1 Å². The third-order valence-electron chi connectivity index (χ3n) is 2.38. The van der Waals surface area contributed by atoms with E-state index in [-0.39, 0.29) is 10.8 Å². The topological polar surface area (TPSA) is 55.6 Å². The van der Waals surface area contributed by atoms with Gasteiger partial charge in [-0.15, -0.1) is 0 Å². The van der Waals surface area contributed by atoms with E-state index in [2.05, 4.69) is 20.4 Å². The zero-order chi connectivity index (χ0) is 14.9. The van der Waals surface area contributed by atoms with Crippen molar-refractivity contribution < 1.29 is 13.2 Å². The molecule has 0 fully saturated rings. The van der Waals surface area contributed by atoms with Crippen molar-refractivity contribution in [3.8, 4) is 0 Å². The summed E-state index contributed by atoms with van der Waals surface area (Å²) in [7, 11) is 3.23. The molecule has 2 aromatic heterocycles. The van der Waals surface area contributed by atoms with Gasteiger partial charge < -0.3 is 5.32 Å². The lowest BCUT2D eigenvalue weighted by Crippen LogP contribution is -2.13. The van der Waals surface area contributed by atoms with E-state index in [1.807, 2.05) is 6.92 Å². The lowest BCUT2D eigenvalue weighted by Gasteiger charge is -2.09. The van der Waals surface area contributed by atoms with Gasteiger partial charge >= 0.3 is 6.18 Å². The van der Waals surface area contributed by atoms with Crippen molar-refractivity contribution in [1.82, 2.24) is 19.7 Å². The molecule has 108 valence electrons. The van der Waals surface area contributed by atoms with Crippen molar-refractivity contribution in [3.63, 3.8) is 0 Å². The molecule has 0 saturated heterocycles. The van der Waals surface area contributed by atoms with Gasteiger partial charge in [-0.1, -0.05) is 11.8 Å². The summed E-state index contributed by atoms with van der Waals surface area (Å²) >= 11 is 1.10. The Morgan fingerprint density at radius 1 is 1.25 bits per heavy atom. The standard InChI is InChI=1S/C11H12F3N5S/c1-6-4-9(19(3)18-6)20-8-5-7(15-2)16-10(17-8)11(12,13)14/h4-5H,1-3H3,(H,15,16,17). The number of aryl methyl sites for hydroxylation is 2. The molecular formula is C11H12F3N5S. The number of nitrogens with zero attached hydrogens (tertiary/aromatic N) is 4. The van der Waals surface area contributed by atoms with Crippen LogP contribution in [0.1, 0.15) is 11.5 Å². The number of halogens is 3. The van der Waals surface area contributed by atoms with Gasteiger partial charge in [-0.05, 0) is 13.0 Å². The fourth-order valence-corrected chi connectivity index (χ4v) is 2.44. The van der Waals surface area contributed by atoms with Crippen molar-refractivity contribution in [2.45, 2.75) is 23.2 Å². The Hall–Kier alpha value is -1.77. The molecule has 0 aliphatic heterocycles. The highest BCUT2D eigenvalue weighted by Gasteiger charge is 2.35. The minimum Gasteiger partial charge on any atom is -0.373 e. The van der Waals surface area contributed by atoms with Crippen LogP contribution in [-0.4, -0.2) is 26.8 Å². The molecule has 2 aromatic rings. The molecule has 0 amide bonds. The van der Waals surface area contributed by atoms with Gasteiger partial charge in [-0.3, -0.25) is 4.68 Å². The van der Waals surface area contributed by atoms with Crippen molar-refractivity contribution in [1.29, 1.82) is 0 Å². The number of hydrogen-bond acceptors (Lipinski definition) is 5. The minimum absolute atomic E-state index is 0.119. The number of alkyl halides is 3. The van der Waals surface area contributed by atoms with Crippen LogP contribution in [0, 0.1) is 6.92 Å². The summed E-state index contributed by atoms with van der Waals surface area (Å²) in [6.45, 7) is 1.81. The molecule has 0 aliphatic carbocycles. The molecule has 0 aromatic carbocycles. The first kappa shape index (κ1) is 14.6. The summed E-state index contributed by atoms with van der Waals surface area (Å²) in [5.41, 5.74) is 0.786. The second-order valence-electron chi connectivity index (χ2n) is 4.01. The number of nitrogens with one attached hydrogen (secondary N) is 1. The fourth-order valence-electron chi connectivity index (χ4n) is 1.52. The molecule has 5 nitrogen and oxygen atoms in total. The number of rotatable bonds is 3.